The molecule has 1 aliphatic carbocycles. The third-order valence-corrected chi connectivity index (χ3v) is 5.28. The van der Waals surface area contributed by atoms with Gasteiger partial charge in [0.05, 0.1) is 0 Å². The number of hydrogen-bond donors (Lipinski definition) is 2. The predicted octanol–water partition coefficient (Wildman–Crippen LogP) is 5.05. The topological polar surface area (TPSA) is 24.1 Å². The zero-order valence-corrected chi connectivity index (χ0v) is 14.4. The van der Waals surface area contributed by atoms with Crippen LogP contribution in [0.1, 0.15) is 91.9 Å². The van der Waals surface area contributed by atoms with Crippen LogP contribution in [0.25, 0.3) is 0 Å². The highest BCUT2D eigenvalue weighted by Crippen LogP contribution is 2.43. The number of rotatable bonds is 11. The fourth-order valence-corrected chi connectivity index (χ4v) is 3.73. The summed E-state index contributed by atoms with van der Waals surface area (Å²) in [5.41, 5.74) is 7.62. The molecule has 0 amide bonds. The quantitative estimate of drug-likeness (QED) is 0.409. The normalized spacial score (nSPS) is 21.0. The van der Waals surface area contributed by atoms with E-state index >= 15 is 0 Å². The van der Waals surface area contributed by atoms with Crippen LogP contribution >= 0.6 is 0 Å². The Labute approximate surface area is 127 Å². The standard InChI is InChI=1S/C18H38N2/c1-5-7-8-11-14-19-20-16(3)17(6-2)15-18(4)12-9-10-13-18/h16-17,19-20H,5-15H2,1-4H3. The fraction of sp³-hybridized carbons (Fsp3) is 1.00. The van der Waals surface area contributed by atoms with E-state index in [1.165, 1.54) is 64.2 Å². The first-order valence-electron chi connectivity index (χ1n) is 9.09. The molecule has 0 aromatic heterocycles. The van der Waals surface area contributed by atoms with Crippen LogP contribution < -0.4 is 10.9 Å². The van der Waals surface area contributed by atoms with Gasteiger partial charge in [-0.15, -0.1) is 0 Å². The van der Waals surface area contributed by atoms with Crippen LogP contribution in [0, 0.1) is 11.3 Å². The minimum atomic E-state index is 0.587. The monoisotopic (exact) mass is 282 g/mol. The van der Waals surface area contributed by atoms with Gasteiger partial charge in [-0.1, -0.05) is 59.3 Å². The molecule has 120 valence electrons. The summed E-state index contributed by atoms with van der Waals surface area (Å²) in [4.78, 5) is 0. The average molecular weight is 283 g/mol. The van der Waals surface area contributed by atoms with Gasteiger partial charge in [0.25, 0.3) is 0 Å². The van der Waals surface area contributed by atoms with Gasteiger partial charge in [-0.2, -0.15) is 0 Å². The molecule has 0 radical (unpaired) electrons. The summed E-state index contributed by atoms with van der Waals surface area (Å²) < 4.78 is 0. The zero-order valence-electron chi connectivity index (χ0n) is 14.4. The van der Waals surface area contributed by atoms with E-state index < -0.39 is 0 Å². The van der Waals surface area contributed by atoms with E-state index in [2.05, 4.69) is 38.5 Å². The summed E-state index contributed by atoms with van der Waals surface area (Å²) >= 11 is 0. The Bertz CT molecular complexity index is 234. The molecule has 2 heteroatoms. The van der Waals surface area contributed by atoms with Crippen LogP contribution in [0.2, 0.25) is 0 Å². The third-order valence-electron chi connectivity index (χ3n) is 5.28. The molecule has 1 rings (SSSR count). The summed E-state index contributed by atoms with van der Waals surface area (Å²) in [6.45, 7) is 10.6. The molecule has 0 saturated heterocycles. The Morgan fingerprint density at radius 1 is 1.05 bits per heavy atom. The van der Waals surface area contributed by atoms with Gasteiger partial charge < -0.3 is 0 Å². The first-order chi connectivity index (χ1) is 9.61. The second-order valence-corrected chi connectivity index (χ2v) is 7.31. The lowest BCUT2D eigenvalue weighted by Crippen LogP contribution is -2.44. The van der Waals surface area contributed by atoms with Gasteiger partial charge in [-0.3, -0.25) is 10.9 Å². The van der Waals surface area contributed by atoms with Crippen molar-refractivity contribution in [3.63, 3.8) is 0 Å². The molecule has 0 spiro atoms. The van der Waals surface area contributed by atoms with E-state index in [1.54, 1.807) is 0 Å². The molecule has 1 fully saturated rings. The van der Waals surface area contributed by atoms with Crippen LogP contribution in [0.15, 0.2) is 0 Å². The van der Waals surface area contributed by atoms with Gasteiger partial charge >= 0.3 is 0 Å². The first-order valence-corrected chi connectivity index (χ1v) is 9.09. The number of nitrogens with one attached hydrogen (secondary N) is 2. The van der Waals surface area contributed by atoms with E-state index in [9.17, 15) is 0 Å². The Morgan fingerprint density at radius 3 is 2.35 bits per heavy atom. The van der Waals surface area contributed by atoms with Crippen LogP contribution in [-0.2, 0) is 0 Å². The smallest absolute Gasteiger partial charge is 0.0212 e. The molecular weight excluding hydrogens is 244 g/mol. The summed E-state index contributed by atoms with van der Waals surface area (Å²) in [5.74, 6) is 0.807. The van der Waals surface area contributed by atoms with Crippen LogP contribution in [0.4, 0.5) is 0 Å². The van der Waals surface area contributed by atoms with E-state index in [4.69, 9.17) is 0 Å². The minimum absolute atomic E-state index is 0.587. The fourth-order valence-electron chi connectivity index (χ4n) is 3.73. The summed E-state index contributed by atoms with van der Waals surface area (Å²) in [5, 5.41) is 0. The maximum atomic E-state index is 3.55. The average Bonchev–Trinajstić information content (AvgIpc) is 2.87. The second kappa shape index (κ2) is 9.78. The number of hydrazine groups is 1. The van der Waals surface area contributed by atoms with Gasteiger partial charge in [0.2, 0.25) is 0 Å². The number of unbranched alkanes of at least 4 members (excludes halogenated alkanes) is 3. The van der Waals surface area contributed by atoms with Crippen molar-refractivity contribution in [1.29, 1.82) is 0 Å². The van der Waals surface area contributed by atoms with Crippen molar-refractivity contribution in [1.82, 2.24) is 10.9 Å². The van der Waals surface area contributed by atoms with E-state index in [0.717, 1.165) is 12.5 Å². The van der Waals surface area contributed by atoms with Crippen LogP contribution in [0.3, 0.4) is 0 Å². The van der Waals surface area contributed by atoms with Crippen LogP contribution in [0.5, 0.6) is 0 Å². The second-order valence-electron chi connectivity index (χ2n) is 7.31. The maximum absolute atomic E-state index is 3.55. The molecule has 0 aromatic carbocycles. The lowest BCUT2D eigenvalue weighted by Gasteiger charge is -2.32. The largest absolute Gasteiger partial charge is 0.258 e. The highest BCUT2D eigenvalue weighted by atomic mass is 15.4. The SMILES string of the molecule is CCCCCCNNC(C)C(CC)CC1(C)CCCC1. The molecule has 0 aromatic rings. The Hall–Kier alpha value is -0.0800. The molecule has 0 heterocycles. The van der Waals surface area contributed by atoms with Gasteiger partial charge in [0, 0.05) is 12.6 Å². The molecule has 0 aliphatic heterocycles. The molecule has 1 aliphatic rings. The molecule has 1 saturated carbocycles. The number of hydrogen-bond acceptors (Lipinski definition) is 2. The van der Waals surface area contributed by atoms with Gasteiger partial charge in [0.1, 0.15) is 0 Å². The van der Waals surface area contributed by atoms with Crippen molar-refractivity contribution in [3.05, 3.63) is 0 Å². The summed E-state index contributed by atoms with van der Waals surface area (Å²) in [6, 6.07) is 0.587. The molecule has 2 N–H and O–H groups in total. The molecular formula is C18H38N2. The van der Waals surface area contributed by atoms with E-state index in [0.29, 0.717) is 11.5 Å². The van der Waals surface area contributed by atoms with Crippen molar-refractivity contribution >= 4 is 0 Å². The Kier molecular flexibility index (Phi) is 8.79. The predicted molar refractivity (Wildman–Crippen MR) is 89.7 cm³/mol. The molecule has 2 unspecified atom stereocenters. The van der Waals surface area contributed by atoms with E-state index in [1.807, 2.05) is 0 Å². The van der Waals surface area contributed by atoms with Crippen molar-refractivity contribution in [2.45, 2.75) is 97.9 Å². The lowest BCUT2D eigenvalue weighted by atomic mass is 9.76. The van der Waals surface area contributed by atoms with Crippen molar-refractivity contribution < 1.29 is 0 Å². The summed E-state index contributed by atoms with van der Waals surface area (Å²) in [7, 11) is 0. The third kappa shape index (κ3) is 6.58. The van der Waals surface area contributed by atoms with Gasteiger partial charge in [-0.25, -0.2) is 0 Å². The highest BCUT2D eigenvalue weighted by Gasteiger charge is 2.32. The van der Waals surface area contributed by atoms with Gasteiger partial charge in [-0.05, 0) is 43.9 Å². The minimum Gasteiger partial charge on any atom is -0.258 e. The van der Waals surface area contributed by atoms with Crippen molar-refractivity contribution in [2.24, 2.45) is 11.3 Å². The van der Waals surface area contributed by atoms with E-state index in [-0.39, 0.29) is 0 Å². The van der Waals surface area contributed by atoms with Crippen molar-refractivity contribution in [3.8, 4) is 0 Å². The van der Waals surface area contributed by atoms with Gasteiger partial charge in [0.15, 0.2) is 0 Å². The first kappa shape index (κ1) is 18.0. The summed E-state index contributed by atoms with van der Waals surface area (Å²) in [6.07, 6.45) is 13.8. The highest BCUT2D eigenvalue weighted by molar-refractivity contribution is 4.85. The zero-order chi connectivity index (χ0) is 14.8. The molecule has 2 atom stereocenters. The van der Waals surface area contributed by atoms with Crippen LogP contribution in [-0.4, -0.2) is 12.6 Å². The Morgan fingerprint density at radius 2 is 1.75 bits per heavy atom. The van der Waals surface area contributed by atoms with Crippen molar-refractivity contribution in [2.75, 3.05) is 6.54 Å². The Balaban J connectivity index is 2.19. The molecule has 2 nitrogen and oxygen atoms in total. The lowest BCUT2D eigenvalue weighted by molar-refractivity contribution is 0.200. The molecule has 0 bridgehead atoms. The molecule has 20 heavy (non-hydrogen) atoms. The maximum Gasteiger partial charge on any atom is 0.0212 e.